The summed E-state index contributed by atoms with van der Waals surface area (Å²) < 4.78 is 26.8. The van der Waals surface area contributed by atoms with Crippen molar-refractivity contribution in [2.45, 2.75) is 44.2 Å². The maximum absolute atomic E-state index is 14.3. The molecule has 11 heteroatoms. The fourth-order valence-electron chi connectivity index (χ4n) is 7.09. The zero-order valence-corrected chi connectivity index (χ0v) is 25.8. The second-order valence-electron chi connectivity index (χ2n) is 12.3. The summed E-state index contributed by atoms with van der Waals surface area (Å²) in [6.45, 7) is 6.38. The van der Waals surface area contributed by atoms with Crippen LogP contribution in [0.1, 0.15) is 43.0 Å². The number of anilines is 1. The highest BCUT2D eigenvalue weighted by molar-refractivity contribution is 6.00. The number of benzene rings is 2. The van der Waals surface area contributed by atoms with Crippen molar-refractivity contribution in [3.8, 4) is 11.3 Å². The molecule has 4 heterocycles. The number of nitrogens with one attached hydrogen (secondary N) is 1. The van der Waals surface area contributed by atoms with Gasteiger partial charge in [0.2, 0.25) is 0 Å². The number of piperazine rings is 1. The Morgan fingerprint density at radius 2 is 1.78 bits per heavy atom. The molecule has 7 rings (SSSR count). The van der Waals surface area contributed by atoms with E-state index in [1.165, 1.54) is 12.4 Å². The second kappa shape index (κ2) is 13.2. The lowest BCUT2D eigenvalue weighted by Gasteiger charge is -2.42. The molecule has 2 aromatic carbocycles. The van der Waals surface area contributed by atoms with Gasteiger partial charge in [-0.1, -0.05) is 24.3 Å². The summed E-state index contributed by atoms with van der Waals surface area (Å²) in [4.78, 5) is 17.6. The van der Waals surface area contributed by atoms with Crippen molar-refractivity contribution in [3.05, 3.63) is 71.9 Å². The van der Waals surface area contributed by atoms with E-state index in [0.717, 1.165) is 97.3 Å². The molecule has 1 aliphatic heterocycles. The van der Waals surface area contributed by atoms with Crippen molar-refractivity contribution in [1.82, 2.24) is 34.5 Å². The van der Waals surface area contributed by atoms with Crippen LogP contribution in [0.2, 0.25) is 0 Å². The van der Waals surface area contributed by atoms with Crippen molar-refractivity contribution >= 4 is 27.8 Å². The number of aromatic amines is 1. The molecular weight excluding hydrogens is 571 g/mol. The first kappa shape index (κ1) is 29.8. The molecular formula is C34H41FN8O2. The lowest BCUT2D eigenvalue weighted by molar-refractivity contribution is -0.0404. The number of H-pyrrole nitrogens is 1. The third kappa shape index (κ3) is 6.30. The number of nitrogen functional groups attached to an aromatic ring is 1. The number of hydrogen-bond acceptors (Lipinski definition) is 8. The molecule has 3 N–H and O–H groups in total. The summed E-state index contributed by atoms with van der Waals surface area (Å²) in [6, 6.07) is 16.1. The van der Waals surface area contributed by atoms with E-state index >= 15 is 0 Å². The molecule has 0 unspecified atom stereocenters. The van der Waals surface area contributed by atoms with Crippen LogP contribution in [0.4, 0.5) is 10.2 Å². The normalized spacial score (nSPS) is 20.0. The Morgan fingerprint density at radius 3 is 2.58 bits per heavy atom. The molecule has 2 aliphatic rings. The van der Waals surface area contributed by atoms with Crippen LogP contribution in [0.25, 0.3) is 33.2 Å². The molecule has 5 aromatic rings. The molecule has 236 valence electrons. The summed E-state index contributed by atoms with van der Waals surface area (Å²) in [5.74, 6) is 0.246. The van der Waals surface area contributed by atoms with Gasteiger partial charge in [-0.15, -0.1) is 0 Å². The van der Waals surface area contributed by atoms with Gasteiger partial charge in [0.25, 0.3) is 0 Å². The van der Waals surface area contributed by atoms with Crippen LogP contribution < -0.4 is 5.73 Å². The van der Waals surface area contributed by atoms with E-state index in [-0.39, 0.29) is 11.9 Å². The quantitative estimate of drug-likeness (QED) is 0.167. The maximum Gasteiger partial charge on any atom is 0.164 e. The van der Waals surface area contributed by atoms with E-state index in [1.54, 1.807) is 13.2 Å². The summed E-state index contributed by atoms with van der Waals surface area (Å²) in [5.41, 5.74) is 11.6. The average Bonchev–Trinajstić information content (AvgIpc) is 3.66. The third-order valence-corrected chi connectivity index (χ3v) is 9.50. The van der Waals surface area contributed by atoms with Gasteiger partial charge in [0.15, 0.2) is 5.65 Å². The number of nitrogens with two attached hydrogens (primary N) is 1. The highest BCUT2D eigenvalue weighted by atomic mass is 19.1. The second-order valence-corrected chi connectivity index (χ2v) is 12.3. The van der Waals surface area contributed by atoms with Crippen LogP contribution in [0, 0.1) is 5.82 Å². The van der Waals surface area contributed by atoms with Crippen molar-refractivity contribution in [2.24, 2.45) is 0 Å². The van der Waals surface area contributed by atoms with E-state index in [0.29, 0.717) is 37.2 Å². The van der Waals surface area contributed by atoms with Gasteiger partial charge in [-0.25, -0.2) is 19.0 Å². The molecule has 0 radical (unpaired) electrons. The summed E-state index contributed by atoms with van der Waals surface area (Å²) in [7, 11) is 1.65. The molecule has 0 spiro atoms. The number of ether oxygens (including phenoxy) is 2. The molecule has 3 aromatic heterocycles. The van der Waals surface area contributed by atoms with Gasteiger partial charge in [-0.05, 0) is 55.5 Å². The van der Waals surface area contributed by atoms with Crippen molar-refractivity contribution in [2.75, 3.05) is 59.0 Å². The van der Waals surface area contributed by atoms with Crippen LogP contribution in [0.15, 0.2) is 54.9 Å². The Balaban J connectivity index is 1.06. The predicted molar refractivity (Wildman–Crippen MR) is 173 cm³/mol. The summed E-state index contributed by atoms with van der Waals surface area (Å²) in [6.07, 6.45) is 6.41. The smallest absolute Gasteiger partial charge is 0.164 e. The molecule has 10 nitrogen and oxygen atoms in total. The monoisotopic (exact) mass is 612 g/mol. The Bertz CT molecular complexity index is 1750. The highest BCUT2D eigenvalue weighted by Crippen LogP contribution is 2.38. The molecule has 0 atom stereocenters. The standard InChI is InChI=1S/C34H41FN8O2/c1-44-22-45-17-16-41-12-14-42(15-13-41)27-7-9-28(10-8-27)43-34-31(33(36)37-21-38-34)32(40-43)24-6-11-30-25(18-24)20-26(39-30)19-23-4-2-3-5-29(23)35/h2-6,11,18,20-21,27-28,39H,7-10,12-17,19,22H2,1H3,(H2,36,37,38). The zero-order chi connectivity index (χ0) is 30.8. The average molecular weight is 613 g/mol. The molecule has 1 aliphatic carbocycles. The lowest BCUT2D eigenvalue weighted by Crippen LogP contribution is -2.51. The van der Waals surface area contributed by atoms with E-state index in [4.69, 9.17) is 20.3 Å². The Kier molecular flexibility index (Phi) is 8.75. The fourth-order valence-corrected chi connectivity index (χ4v) is 7.09. The third-order valence-electron chi connectivity index (χ3n) is 9.50. The topological polar surface area (TPSA) is 110 Å². The first-order chi connectivity index (χ1) is 22.1. The van der Waals surface area contributed by atoms with Gasteiger partial charge >= 0.3 is 0 Å². The Morgan fingerprint density at radius 1 is 0.978 bits per heavy atom. The highest BCUT2D eigenvalue weighted by Gasteiger charge is 2.31. The van der Waals surface area contributed by atoms with E-state index < -0.39 is 0 Å². The number of halogens is 1. The van der Waals surface area contributed by atoms with Crippen LogP contribution in [0.3, 0.4) is 0 Å². The van der Waals surface area contributed by atoms with Crippen molar-refractivity contribution in [1.29, 1.82) is 0 Å². The summed E-state index contributed by atoms with van der Waals surface area (Å²) in [5, 5.41) is 7.00. The first-order valence-corrected chi connectivity index (χ1v) is 15.9. The number of rotatable bonds is 10. The zero-order valence-electron chi connectivity index (χ0n) is 25.8. The Hall–Kier alpha value is -3.90. The SMILES string of the molecule is COCOCCN1CCN(C2CCC(n3nc(-c4ccc5[nH]c(Cc6ccccc6F)cc5c4)c4c(N)ncnc43)CC2)CC1. The Labute approximate surface area is 262 Å². The fraction of sp³-hybridized carbons (Fsp3) is 0.441. The van der Waals surface area contributed by atoms with E-state index in [1.807, 2.05) is 12.1 Å². The maximum atomic E-state index is 14.3. The van der Waals surface area contributed by atoms with Gasteiger partial charge < -0.3 is 20.2 Å². The molecule has 0 bridgehead atoms. The van der Waals surface area contributed by atoms with Crippen LogP contribution in [-0.2, 0) is 15.9 Å². The van der Waals surface area contributed by atoms with Gasteiger partial charge in [-0.3, -0.25) is 9.80 Å². The van der Waals surface area contributed by atoms with Crippen LogP contribution in [-0.4, -0.2) is 93.8 Å². The number of aromatic nitrogens is 5. The minimum Gasteiger partial charge on any atom is -0.383 e. The molecule has 45 heavy (non-hydrogen) atoms. The van der Waals surface area contributed by atoms with Crippen molar-refractivity contribution in [3.63, 3.8) is 0 Å². The minimum atomic E-state index is -0.194. The van der Waals surface area contributed by atoms with Gasteiger partial charge in [0.05, 0.1) is 18.0 Å². The number of hydrogen-bond donors (Lipinski definition) is 2. The van der Waals surface area contributed by atoms with Crippen LogP contribution in [0.5, 0.6) is 0 Å². The van der Waals surface area contributed by atoms with Crippen LogP contribution >= 0.6 is 0 Å². The van der Waals surface area contributed by atoms with Gasteiger partial charge in [0, 0.05) is 74.5 Å². The molecule has 1 saturated carbocycles. The lowest BCUT2D eigenvalue weighted by atomic mass is 9.90. The number of methoxy groups -OCH3 is 1. The van der Waals surface area contributed by atoms with Crippen molar-refractivity contribution < 1.29 is 13.9 Å². The largest absolute Gasteiger partial charge is 0.383 e. The predicted octanol–water partition coefficient (Wildman–Crippen LogP) is 5.01. The number of nitrogens with zero attached hydrogens (tertiary/aromatic N) is 6. The van der Waals surface area contributed by atoms with E-state index in [9.17, 15) is 4.39 Å². The molecule has 1 saturated heterocycles. The minimum absolute atomic E-state index is 0.194. The van der Waals surface area contributed by atoms with E-state index in [2.05, 4.69) is 53.7 Å². The molecule has 0 amide bonds. The summed E-state index contributed by atoms with van der Waals surface area (Å²) >= 11 is 0. The van der Waals surface area contributed by atoms with Gasteiger partial charge in [0.1, 0.15) is 30.4 Å². The first-order valence-electron chi connectivity index (χ1n) is 15.9. The number of fused-ring (bicyclic) bond motifs is 2. The van der Waals surface area contributed by atoms with Gasteiger partial charge in [-0.2, -0.15) is 5.10 Å². The molecule has 2 fully saturated rings.